The van der Waals surface area contributed by atoms with E-state index >= 15 is 0 Å². The Morgan fingerprint density at radius 2 is 1.53 bits per heavy atom. The second-order valence-corrected chi connectivity index (χ2v) is 11.7. The summed E-state index contributed by atoms with van der Waals surface area (Å²) in [5, 5.41) is 3.03. The lowest BCUT2D eigenvalue weighted by atomic mass is 9.74. The van der Waals surface area contributed by atoms with E-state index < -0.39 is 10.0 Å². The molecule has 1 aliphatic rings. The summed E-state index contributed by atoms with van der Waals surface area (Å²) in [5.74, 6) is -0.316. The monoisotopic (exact) mass is 606 g/mol. The first-order chi connectivity index (χ1) is 16.3. The minimum atomic E-state index is -3.84. The average Bonchev–Trinajstić information content (AvgIpc) is 2.85. The number of amides is 1. The fourth-order valence-corrected chi connectivity index (χ4v) is 5.65. The topological polar surface area (TPSA) is 84.5 Å². The molecule has 1 saturated heterocycles. The molecule has 178 valence electrons. The van der Waals surface area contributed by atoms with Gasteiger partial charge in [-0.1, -0.05) is 50.1 Å². The Labute approximate surface area is 216 Å². The largest absolute Gasteiger partial charge is 0.381 e. The van der Waals surface area contributed by atoms with Crippen LogP contribution < -0.4 is 10.0 Å². The van der Waals surface area contributed by atoms with Crippen LogP contribution in [0.5, 0.6) is 0 Å². The zero-order chi connectivity index (χ0) is 24.2. The van der Waals surface area contributed by atoms with Gasteiger partial charge < -0.3 is 10.1 Å². The van der Waals surface area contributed by atoms with Crippen LogP contribution in [0.15, 0.2) is 86.6 Å². The number of benzene rings is 3. The molecule has 0 spiro atoms. The molecule has 34 heavy (non-hydrogen) atoms. The molecule has 1 amide bonds. The van der Waals surface area contributed by atoms with Crippen molar-refractivity contribution in [1.29, 1.82) is 0 Å². The first-order valence-electron chi connectivity index (χ1n) is 10.8. The van der Waals surface area contributed by atoms with Gasteiger partial charge in [0.2, 0.25) is 0 Å². The highest BCUT2D eigenvalue weighted by atomic mass is 79.9. The molecule has 6 nitrogen and oxygen atoms in total. The van der Waals surface area contributed by atoms with Crippen molar-refractivity contribution in [2.45, 2.75) is 23.2 Å². The zero-order valence-corrected chi connectivity index (χ0v) is 22.2. The fraction of sp³-hybridized carbons (Fsp3) is 0.240. The highest BCUT2D eigenvalue weighted by Crippen LogP contribution is 2.35. The number of nitrogens with one attached hydrogen (secondary N) is 2. The van der Waals surface area contributed by atoms with Gasteiger partial charge >= 0.3 is 0 Å². The molecule has 0 aliphatic carbocycles. The minimum Gasteiger partial charge on any atom is -0.381 e. The van der Waals surface area contributed by atoms with Crippen molar-refractivity contribution in [1.82, 2.24) is 5.32 Å². The number of sulfonamides is 1. The molecule has 1 fully saturated rings. The quantitative estimate of drug-likeness (QED) is 0.372. The SMILES string of the molecule is O=C(NCC1(c2ccc(Br)cc2)CCOCC1)c1cccc(S(=O)(=O)Nc2ccc(Br)cc2)c1. The molecule has 1 heterocycles. The fourth-order valence-electron chi connectivity index (χ4n) is 4.02. The molecule has 0 atom stereocenters. The zero-order valence-electron chi connectivity index (χ0n) is 18.3. The number of ether oxygens (including phenoxy) is 1. The third-order valence-corrected chi connectivity index (χ3v) is 8.43. The third-order valence-electron chi connectivity index (χ3n) is 6.00. The Bertz CT molecular complexity index is 1260. The first-order valence-corrected chi connectivity index (χ1v) is 13.8. The van der Waals surface area contributed by atoms with Crippen LogP contribution in [-0.4, -0.2) is 34.1 Å². The highest BCUT2D eigenvalue weighted by molar-refractivity contribution is 9.10. The molecule has 0 radical (unpaired) electrons. The molecule has 3 aromatic carbocycles. The standard InChI is InChI=1S/C25H24Br2N2O4S/c26-20-6-4-19(5-7-20)25(12-14-33-15-13-25)17-28-24(30)18-2-1-3-23(16-18)34(31,32)29-22-10-8-21(27)9-11-22/h1-11,16,29H,12-15,17H2,(H,28,30). The Morgan fingerprint density at radius 3 is 2.18 bits per heavy atom. The Morgan fingerprint density at radius 1 is 0.912 bits per heavy atom. The van der Waals surface area contributed by atoms with E-state index in [9.17, 15) is 13.2 Å². The summed E-state index contributed by atoms with van der Waals surface area (Å²) < 4.78 is 35.7. The molecule has 9 heteroatoms. The lowest BCUT2D eigenvalue weighted by Crippen LogP contribution is -2.44. The van der Waals surface area contributed by atoms with Crippen molar-refractivity contribution in [2.24, 2.45) is 0 Å². The number of hydrogen-bond acceptors (Lipinski definition) is 4. The van der Waals surface area contributed by atoms with Gasteiger partial charge in [-0.25, -0.2) is 8.42 Å². The molecule has 3 aromatic rings. The second kappa shape index (κ2) is 10.6. The van der Waals surface area contributed by atoms with Gasteiger partial charge in [0.1, 0.15) is 0 Å². The predicted molar refractivity (Wildman–Crippen MR) is 140 cm³/mol. The van der Waals surface area contributed by atoms with Gasteiger partial charge in [0.05, 0.1) is 4.90 Å². The van der Waals surface area contributed by atoms with Gasteiger partial charge in [-0.2, -0.15) is 0 Å². The van der Waals surface area contributed by atoms with Crippen molar-refractivity contribution >= 4 is 53.5 Å². The third kappa shape index (κ3) is 5.89. The molecule has 0 saturated carbocycles. The van der Waals surface area contributed by atoms with E-state index in [-0.39, 0.29) is 21.8 Å². The van der Waals surface area contributed by atoms with Crippen molar-refractivity contribution < 1.29 is 17.9 Å². The van der Waals surface area contributed by atoms with E-state index in [1.807, 2.05) is 12.1 Å². The summed E-state index contributed by atoms with van der Waals surface area (Å²) in [6.45, 7) is 1.69. The molecule has 2 N–H and O–H groups in total. The van der Waals surface area contributed by atoms with E-state index in [4.69, 9.17) is 4.74 Å². The summed E-state index contributed by atoms with van der Waals surface area (Å²) in [4.78, 5) is 13.0. The highest BCUT2D eigenvalue weighted by Gasteiger charge is 2.35. The van der Waals surface area contributed by atoms with Crippen LogP contribution in [0.2, 0.25) is 0 Å². The first kappa shape index (κ1) is 24.9. The van der Waals surface area contributed by atoms with Crippen LogP contribution in [0.1, 0.15) is 28.8 Å². The van der Waals surface area contributed by atoms with E-state index in [2.05, 4.69) is 54.0 Å². The summed E-state index contributed by atoms with van der Waals surface area (Å²) >= 11 is 6.81. The maximum Gasteiger partial charge on any atom is 0.261 e. The summed E-state index contributed by atoms with van der Waals surface area (Å²) in [5.41, 5.74) is 1.64. The molecular formula is C25H24Br2N2O4S. The molecule has 4 rings (SSSR count). The van der Waals surface area contributed by atoms with Gasteiger partial charge in [0.25, 0.3) is 15.9 Å². The number of anilines is 1. The molecule has 0 aromatic heterocycles. The number of hydrogen-bond donors (Lipinski definition) is 2. The number of carbonyl (C=O) groups excluding carboxylic acids is 1. The van der Waals surface area contributed by atoms with Crippen LogP contribution in [0.4, 0.5) is 5.69 Å². The average molecular weight is 608 g/mol. The maximum atomic E-state index is 13.0. The molecule has 0 unspecified atom stereocenters. The molecular weight excluding hydrogens is 584 g/mol. The van der Waals surface area contributed by atoms with Crippen LogP contribution >= 0.6 is 31.9 Å². The molecule has 1 aliphatic heterocycles. The van der Waals surface area contributed by atoms with Crippen LogP contribution in [0, 0.1) is 0 Å². The predicted octanol–water partition coefficient (Wildman–Crippen LogP) is 5.49. The van der Waals surface area contributed by atoms with Crippen molar-refractivity contribution in [3.8, 4) is 0 Å². The van der Waals surface area contributed by atoms with Crippen LogP contribution in [0.25, 0.3) is 0 Å². The maximum absolute atomic E-state index is 13.0. The molecule has 0 bridgehead atoms. The number of carbonyl (C=O) groups is 1. The van der Waals surface area contributed by atoms with E-state index in [1.54, 1.807) is 36.4 Å². The Balaban J connectivity index is 1.50. The summed E-state index contributed by atoms with van der Waals surface area (Å²) in [6, 6.07) is 21.0. The Hall–Kier alpha value is -2.20. The van der Waals surface area contributed by atoms with E-state index in [0.29, 0.717) is 25.4 Å². The lowest BCUT2D eigenvalue weighted by Gasteiger charge is -2.38. The van der Waals surface area contributed by atoms with E-state index in [1.165, 1.54) is 12.1 Å². The summed E-state index contributed by atoms with van der Waals surface area (Å²) in [7, 11) is -3.84. The van der Waals surface area contributed by atoms with E-state index in [0.717, 1.165) is 27.4 Å². The van der Waals surface area contributed by atoms with Crippen molar-refractivity contribution in [2.75, 3.05) is 24.5 Å². The number of rotatable bonds is 7. The second-order valence-electron chi connectivity index (χ2n) is 8.22. The van der Waals surface area contributed by atoms with Gasteiger partial charge in [-0.05, 0) is 73.0 Å². The van der Waals surface area contributed by atoms with Crippen molar-refractivity contribution in [3.63, 3.8) is 0 Å². The van der Waals surface area contributed by atoms with Crippen LogP contribution in [-0.2, 0) is 20.2 Å². The summed E-state index contributed by atoms with van der Waals surface area (Å²) in [6.07, 6.45) is 1.58. The van der Waals surface area contributed by atoms with Crippen LogP contribution in [0.3, 0.4) is 0 Å². The van der Waals surface area contributed by atoms with Gasteiger partial charge in [-0.15, -0.1) is 0 Å². The lowest BCUT2D eigenvalue weighted by molar-refractivity contribution is 0.0487. The minimum absolute atomic E-state index is 0.0248. The van der Waals surface area contributed by atoms with Crippen molar-refractivity contribution in [3.05, 3.63) is 92.9 Å². The van der Waals surface area contributed by atoms with Gasteiger partial charge in [0, 0.05) is 45.4 Å². The number of halogens is 2. The smallest absolute Gasteiger partial charge is 0.261 e. The normalized spacial score (nSPS) is 15.5. The van der Waals surface area contributed by atoms with Gasteiger partial charge in [-0.3, -0.25) is 9.52 Å². The van der Waals surface area contributed by atoms with Gasteiger partial charge in [0.15, 0.2) is 0 Å². The Kier molecular flexibility index (Phi) is 7.77.